The highest BCUT2D eigenvalue weighted by Gasteiger charge is 2.32. The number of hydrogen-bond acceptors (Lipinski definition) is 4. The molecule has 2 N–H and O–H groups in total. The topological polar surface area (TPSA) is 70.7 Å². The number of carbonyl (C=O) groups is 2. The van der Waals surface area contributed by atoms with E-state index in [2.05, 4.69) is 22.5 Å². The Balaban J connectivity index is 2.22. The van der Waals surface area contributed by atoms with E-state index in [9.17, 15) is 9.59 Å². The molecule has 2 rings (SSSR count). The monoisotopic (exact) mass is 309 g/mol. The van der Waals surface area contributed by atoms with Gasteiger partial charge in [0, 0.05) is 18.3 Å². The third kappa shape index (κ3) is 3.80. The SMILES string of the molecule is CCOC(=O)C1=C(CN2CCCCC2CC)NC(=O)NC1C. The summed E-state index contributed by atoms with van der Waals surface area (Å²) in [5.41, 5.74) is 1.23. The summed E-state index contributed by atoms with van der Waals surface area (Å²) in [6.07, 6.45) is 4.69. The number of hydrogen-bond donors (Lipinski definition) is 2. The molecule has 2 amide bonds. The smallest absolute Gasteiger partial charge is 0.337 e. The molecule has 2 aliphatic heterocycles. The molecule has 124 valence electrons. The van der Waals surface area contributed by atoms with Gasteiger partial charge in [-0.3, -0.25) is 4.90 Å². The van der Waals surface area contributed by atoms with Crippen LogP contribution in [0.15, 0.2) is 11.3 Å². The fourth-order valence-electron chi connectivity index (χ4n) is 3.34. The Morgan fingerprint density at radius 1 is 1.36 bits per heavy atom. The first-order valence-corrected chi connectivity index (χ1v) is 8.28. The van der Waals surface area contributed by atoms with Crippen molar-refractivity contribution in [1.82, 2.24) is 15.5 Å². The maximum Gasteiger partial charge on any atom is 0.337 e. The molecular formula is C16H27N3O3. The van der Waals surface area contributed by atoms with E-state index in [4.69, 9.17) is 4.74 Å². The summed E-state index contributed by atoms with van der Waals surface area (Å²) in [6.45, 7) is 7.74. The summed E-state index contributed by atoms with van der Waals surface area (Å²) >= 11 is 0. The van der Waals surface area contributed by atoms with Crippen LogP contribution >= 0.6 is 0 Å². The van der Waals surface area contributed by atoms with Gasteiger partial charge in [0.25, 0.3) is 0 Å². The molecule has 0 aromatic heterocycles. The Hall–Kier alpha value is -1.56. The van der Waals surface area contributed by atoms with E-state index >= 15 is 0 Å². The van der Waals surface area contributed by atoms with Crippen LogP contribution in [0, 0.1) is 0 Å². The van der Waals surface area contributed by atoms with Gasteiger partial charge in [0.2, 0.25) is 0 Å². The standard InChI is InChI=1S/C16H27N3O3/c1-4-12-8-6-7-9-19(12)10-13-14(15(20)22-5-2)11(3)17-16(21)18-13/h11-12H,4-10H2,1-3H3,(H2,17,18,21). The van der Waals surface area contributed by atoms with Crippen molar-refractivity contribution in [3.05, 3.63) is 11.3 Å². The number of nitrogens with zero attached hydrogens (tertiary/aromatic N) is 1. The average molecular weight is 309 g/mol. The van der Waals surface area contributed by atoms with Crippen molar-refractivity contribution < 1.29 is 14.3 Å². The second-order valence-electron chi connectivity index (χ2n) is 5.96. The fourth-order valence-corrected chi connectivity index (χ4v) is 3.34. The largest absolute Gasteiger partial charge is 0.463 e. The van der Waals surface area contributed by atoms with Gasteiger partial charge < -0.3 is 15.4 Å². The summed E-state index contributed by atoms with van der Waals surface area (Å²) in [7, 11) is 0. The molecule has 0 aromatic rings. The van der Waals surface area contributed by atoms with Gasteiger partial charge in [-0.05, 0) is 39.7 Å². The van der Waals surface area contributed by atoms with Gasteiger partial charge in [0.1, 0.15) is 0 Å². The zero-order valence-corrected chi connectivity index (χ0v) is 13.8. The fraction of sp³-hybridized carbons (Fsp3) is 0.750. The first kappa shape index (κ1) is 16.8. The molecule has 2 atom stereocenters. The van der Waals surface area contributed by atoms with Crippen LogP contribution in [0.5, 0.6) is 0 Å². The summed E-state index contributed by atoms with van der Waals surface area (Å²) < 4.78 is 5.15. The van der Waals surface area contributed by atoms with Crippen LogP contribution in [0.4, 0.5) is 4.79 Å². The van der Waals surface area contributed by atoms with E-state index in [1.165, 1.54) is 19.3 Å². The van der Waals surface area contributed by atoms with Crippen LogP contribution in [0.25, 0.3) is 0 Å². The van der Waals surface area contributed by atoms with Crippen LogP contribution in [-0.4, -0.2) is 48.7 Å². The molecular weight excluding hydrogens is 282 g/mol. The van der Waals surface area contributed by atoms with E-state index in [1.807, 2.05) is 6.92 Å². The minimum Gasteiger partial charge on any atom is -0.463 e. The van der Waals surface area contributed by atoms with Gasteiger partial charge in [-0.15, -0.1) is 0 Å². The predicted octanol–water partition coefficient (Wildman–Crippen LogP) is 1.77. The molecule has 6 nitrogen and oxygen atoms in total. The van der Waals surface area contributed by atoms with Crippen molar-refractivity contribution >= 4 is 12.0 Å². The number of esters is 1. The molecule has 0 aromatic carbocycles. The highest BCUT2D eigenvalue weighted by atomic mass is 16.5. The lowest BCUT2D eigenvalue weighted by Crippen LogP contribution is -2.52. The number of ether oxygens (including phenoxy) is 1. The summed E-state index contributed by atoms with van der Waals surface area (Å²) in [6, 6.07) is -0.0555. The minimum absolute atomic E-state index is 0.249. The third-order valence-electron chi connectivity index (χ3n) is 4.45. The second-order valence-corrected chi connectivity index (χ2v) is 5.96. The van der Waals surface area contributed by atoms with Gasteiger partial charge in [0.05, 0.1) is 18.2 Å². The van der Waals surface area contributed by atoms with E-state index < -0.39 is 0 Å². The lowest BCUT2D eigenvalue weighted by atomic mass is 9.98. The molecule has 0 bridgehead atoms. The van der Waals surface area contributed by atoms with E-state index in [1.54, 1.807) is 6.92 Å². The van der Waals surface area contributed by atoms with Gasteiger partial charge in [0.15, 0.2) is 0 Å². The summed E-state index contributed by atoms with van der Waals surface area (Å²) in [4.78, 5) is 26.4. The number of nitrogens with one attached hydrogen (secondary N) is 2. The maximum absolute atomic E-state index is 12.2. The highest BCUT2D eigenvalue weighted by Crippen LogP contribution is 2.22. The minimum atomic E-state index is -0.345. The molecule has 1 saturated heterocycles. The van der Waals surface area contributed by atoms with Crippen molar-refractivity contribution in [2.45, 2.75) is 58.5 Å². The Morgan fingerprint density at radius 2 is 2.14 bits per heavy atom. The predicted molar refractivity (Wildman–Crippen MR) is 84.3 cm³/mol. The molecule has 0 radical (unpaired) electrons. The van der Waals surface area contributed by atoms with Crippen LogP contribution in [0.3, 0.4) is 0 Å². The normalized spacial score (nSPS) is 26.4. The molecule has 0 aliphatic carbocycles. The summed E-state index contributed by atoms with van der Waals surface area (Å²) in [5, 5.41) is 5.55. The molecule has 0 saturated carbocycles. The maximum atomic E-state index is 12.2. The molecule has 2 aliphatic rings. The second kappa shape index (κ2) is 7.63. The molecule has 6 heteroatoms. The number of urea groups is 1. The molecule has 2 unspecified atom stereocenters. The van der Waals surface area contributed by atoms with Crippen LogP contribution < -0.4 is 10.6 Å². The number of carbonyl (C=O) groups excluding carboxylic acids is 2. The summed E-state index contributed by atoms with van der Waals surface area (Å²) in [5.74, 6) is -0.345. The number of rotatable bonds is 5. The first-order chi connectivity index (χ1) is 10.6. The van der Waals surface area contributed by atoms with Crippen molar-refractivity contribution in [3.63, 3.8) is 0 Å². The zero-order chi connectivity index (χ0) is 16.1. The molecule has 1 fully saturated rings. The lowest BCUT2D eigenvalue weighted by Gasteiger charge is -2.37. The van der Waals surface area contributed by atoms with E-state index in [0.717, 1.165) is 13.0 Å². The average Bonchev–Trinajstić information content (AvgIpc) is 2.47. The Labute approximate surface area is 132 Å². The van der Waals surface area contributed by atoms with Crippen LogP contribution in [0.1, 0.15) is 46.5 Å². The zero-order valence-electron chi connectivity index (χ0n) is 13.8. The third-order valence-corrected chi connectivity index (χ3v) is 4.45. The number of piperidine rings is 1. The first-order valence-electron chi connectivity index (χ1n) is 8.28. The van der Waals surface area contributed by atoms with Crippen molar-refractivity contribution in [1.29, 1.82) is 0 Å². The van der Waals surface area contributed by atoms with E-state index in [0.29, 0.717) is 30.5 Å². The van der Waals surface area contributed by atoms with Gasteiger partial charge in [-0.1, -0.05) is 13.3 Å². The Morgan fingerprint density at radius 3 is 2.82 bits per heavy atom. The number of amides is 2. The number of likely N-dealkylation sites (tertiary alicyclic amines) is 1. The molecule has 0 spiro atoms. The molecule has 2 heterocycles. The van der Waals surface area contributed by atoms with Crippen LogP contribution in [-0.2, 0) is 9.53 Å². The Bertz CT molecular complexity index is 462. The van der Waals surface area contributed by atoms with Crippen molar-refractivity contribution in [3.8, 4) is 0 Å². The van der Waals surface area contributed by atoms with Gasteiger partial charge in [-0.2, -0.15) is 0 Å². The molecule has 22 heavy (non-hydrogen) atoms. The highest BCUT2D eigenvalue weighted by molar-refractivity contribution is 5.94. The van der Waals surface area contributed by atoms with Gasteiger partial charge in [-0.25, -0.2) is 9.59 Å². The van der Waals surface area contributed by atoms with Gasteiger partial charge >= 0.3 is 12.0 Å². The van der Waals surface area contributed by atoms with Crippen LogP contribution in [0.2, 0.25) is 0 Å². The van der Waals surface area contributed by atoms with E-state index in [-0.39, 0.29) is 18.0 Å². The van der Waals surface area contributed by atoms with Crippen molar-refractivity contribution in [2.75, 3.05) is 19.7 Å². The van der Waals surface area contributed by atoms with Crippen molar-refractivity contribution in [2.24, 2.45) is 0 Å². The quantitative estimate of drug-likeness (QED) is 0.759. The lowest BCUT2D eigenvalue weighted by molar-refractivity contribution is -0.139. The Kier molecular flexibility index (Phi) is 5.83.